The average Bonchev–Trinajstić information content (AvgIpc) is 2.49. The number of nitrogens with one attached hydrogen (secondary N) is 1. The summed E-state index contributed by atoms with van der Waals surface area (Å²) in [5.41, 5.74) is 3.33. The predicted molar refractivity (Wildman–Crippen MR) is 92.6 cm³/mol. The number of carbonyl (C=O) groups is 2. The summed E-state index contributed by atoms with van der Waals surface area (Å²) < 4.78 is 10.5. The molecule has 0 aliphatic rings. The Balaban J connectivity index is 2.87. The number of hydrogen-bond acceptors (Lipinski definition) is 5. The van der Waals surface area contributed by atoms with E-state index in [-0.39, 0.29) is 5.92 Å². The molecular weight excluding hydrogens is 308 g/mol. The molecule has 1 amide bonds. The fourth-order valence-corrected chi connectivity index (χ4v) is 2.04. The molecule has 6 nitrogen and oxygen atoms in total. The Bertz CT molecular complexity index is 535. The number of aldehydes is 1. The highest BCUT2D eigenvalue weighted by atomic mass is 16.6. The SMILES string of the molecule is COc1ccc(CNN(C(=O)OC(C)(C)C)[C@H](C=O)C(C)C)cc1. The second-order valence-corrected chi connectivity index (χ2v) is 6.90. The van der Waals surface area contributed by atoms with Gasteiger partial charge in [-0.05, 0) is 44.4 Å². The van der Waals surface area contributed by atoms with Gasteiger partial charge < -0.3 is 14.3 Å². The van der Waals surface area contributed by atoms with Gasteiger partial charge >= 0.3 is 6.09 Å². The van der Waals surface area contributed by atoms with E-state index < -0.39 is 17.7 Å². The maximum absolute atomic E-state index is 12.4. The number of carbonyl (C=O) groups excluding carboxylic acids is 2. The summed E-state index contributed by atoms with van der Waals surface area (Å²) in [6, 6.07) is 6.86. The van der Waals surface area contributed by atoms with E-state index >= 15 is 0 Å². The summed E-state index contributed by atoms with van der Waals surface area (Å²) in [6.07, 6.45) is 0.192. The van der Waals surface area contributed by atoms with Crippen LogP contribution in [0.3, 0.4) is 0 Å². The molecule has 0 aliphatic carbocycles. The van der Waals surface area contributed by atoms with Gasteiger partial charge in [0.25, 0.3) is 0 Å². The van der Waals surface area contributed by atoms with Crippen molar-refractivity contribution in [3.63, 3.8) is 0 Å². The topological polar surface area (TPSA) is 67.9 Å². The smallest absolute Gasteiger partial charge is 0.425 e. The number of benzene rings is 1. The van der Waals surface area contributed by atoms with E-state index in [2.05, 4.69) is 5.43 Å². The Morgan fingerprint density at radius 2 is 1.83 bits per heavy atom. The first kappa shape index (κ1) is 20.0. The summed E-state index contributed by atoms with van der Waals surface area (Å²) in [5, 5.41) is 1.27. The van der Waals surface area contributed by atoms with Crippen molar-refractivity contribution in [3.05, 3.63) is 29.8 Å². The van der Waals surface area contributed by atoms with Gasteiger partial charge in [0, 0.05) is 6.54 Å². The van der Waals surface area contributed by atoms with Crippen LogP contribution in [0.15, 0.2) is 24.3 Å². The Kier molecular flexibility index (Phi) is 7.22. The number of ether oxygens (including phenoxy) is 2. The van der Waals surface area contributed by atoms with Gasteiger partial charge in [-0.25, -0.2) is 15.2 Å². The second-order valence-electron chi connectivity index (χ2n) is 6.90. The highest BCUT2D eigenvalue weighted by Gasteiger charge is 2.30. The van der Waals surface area contributed by atoms with Gasteiger partial charge in [0.2, 0.25) is 0 Å². The van der Waals surface area contributed by atoms with Crippen LogP contribution in [0.2, 0.25) is 0 Å². The van der Waals surface area contributed by atoms with Crippen molar-refractivity contribution in [2.45, 2.75) is 52.8 Å². The highest BCUT2D eigenvalue weighted by molar-refractivity contribution is 5.73. The van der Waals surface area contributed by atoms with Crippen molar-refractivity contribution in [3.8, 4) is 5.75 Å². The van der Waals surface area contributed by atoms with Crippen molar-refractivity contribution < 1.29 is 19.1 Å². The molecule has 6 heteroatoms. The Morgan fingerprint density at radius 3 is 2.25 bits per heavy atom. The average molecular weight is 336 g/mol. The first-order chi connectivity index (χ1) is 11.2. The molecule has 1 aromatic carbocycles. The minimum atomic E-state index is -0.637. The van der Waals surface area contributed by atoms with Crippen LogP contribution in [0.5, 0.6) is 5.75 Å². The van der Waals surface area contributed by atoms with E-state index in [1.165, 1.54) is 5.01 Å². The van der Waals surface area contributed by atoms with Crippen LogP contribution < -0.4 is 10.2 Å². The molecule has 0 aliphatic heterocycles. The summed E-state index contributed by atoms with van der Waals surface area (Å²) in [4.78, 5) is 23.9. The number of hydrazine groups is 1. The van der Waals surface area contributed by atoms with E-state index in [1.807, 2.05) is 38.1 Å². The zero-order valence-corrected chi connectivity index (χ0v) is 15.3. The summed E-state index contributed by atoms with van der Waals surface area (Å²) in [5.74, 6) is 0.717. The van der Waals surface area contributed by atoms with Crippen LogP contribution in [-0.4, -0.2) is 36.1 Å². The van der Waals surface area contributed by atoms with Crippen LogP contribution in [0.1, 0.15) is 40.2 Å². The van der Waals surface area contributed by atoms with Gasteiger partial charge in [-0.2, -0.15) is 0 Å². The van der Waals surface area contributed by atoms with Gasteiger partial charge in [-0.15, -0.1) is 0 Å². The fourth-order valence-electron chi connectivity index (χ4n) is 2.04. The molecule has 1 atom stereocenters. The standard InChI is InChI=1S/C18H28N2O4/c1-13(2)16(12-21)20(17(22)24-18(3,4)5)19-11-14-7-9-15(23-6)10-8-14/h7-10,12-13,16,19H,11H2,1-6H3/t16-/m1/s1. The van der Waals surface area contributed by atoms with Crippen LogP contribution in [-0.2, 0) is 16.1 Å². The van der Waals surface area contributed by atoms with E-state index in [1.54, 1.807) is 27.9 Å². The summed E-state index contributed by atoms with van der Waals surface area (Å²) in [6.45, 7) is 9.52. The molecule has 0 bridgehead atoms. The minimum absolute atomic E-state index is 0.0432. The Morgan fingerprint density at radius 1 is 1.25 bits per heavy atom. The van der Waals surface area contributed by atoms with E-state index in [9.17, 15) is 9.59 Å². The van der Waals surface area contributed by atoms with Crippen molar-refractivity contribution >= 4 is 12.4 Å². The van der Waals surface area contributed by atoms with Gasteiger partial charge in [0.15, 0.2) is 0 Å². The maximum Gasteiger partial charge on any atom is 0.425 e. The zero-order chi connectivity index (χ0) is 18.3. The third-order valence-electron chi connectivity index (χ3n) is 3.32. The lowest BCUT2D eigenvalue weighted by atomic mass is 10.1. The molecule has 0 aromatic heterocycles. The third kappa shape index (κ3) is 6.20. The summed E-state index contributed by atoms with van der Waals surface area (Å²) in [7, 11) is 1.61. The first-order valence-corrected chi connectivity index (χ1v) is 8.02. The molecule has 24 heavy (non-hydrogen) atoms. The van der Waals surface area contributed by atoms with Crippen LogP contribution in [0.25, 0.3) is 0 Å². The minimum Gasteiger partial charge on any atom is -0.497 e. The lowest BCUT2D eigenvalue weighted by Gasteiger charge is -2.33. The molecule has 1 aromatic rings. The van der Waals surface area contributed by atoms with Gasteiger partial charge in [0.05, 0.1) is 7.11 Å². The largest absolute Gasteiger partial charge is 0.497 e. The molecule has 0 saturated heterocycles. The van der Waals surface area contributed by atoms with E-state index in [4.69, 9.17) is 9.47 Å². The van der Waals surface area contributed by atoms with Gasteiger partial charge in [0.1, 0.15) is 23.7 Å². The Hall–Kier alpha value is -2.08. The fraction of sp³-hybridized carbons (Fsp3) is 0.556. The van der Waals surface area contributed by atoms with Gasteiger partial charge in [-0.3, -0.25) is 0 Å². The predicted octanol–water partition coefficient (Wildman–Crippen LogP) is 3.16. The molecule has 0 unspecified atom stereocenters. The number of amides is 1. The molecular formula is C18H28N2O4. The molecule has 0 fully saturated rings. The van der Waals surface area contributed by atoms with Gasteiger partial charge in [-0.1, -0.05) is 26.0 Å². The van der Waals surface area contributed by atoms with Crippen molar-refractivity contribution in [1.29, 1.82) is 0 Å². The third-order valence-corrected chi connectivity index (χ3v) is 3.32. The van der Waals surface area contributed by atoms with E-state index in [0.717, 1.165) is 17.6 Å². The number of rotatable bonds is 7. The number of hydrogen-bond donors (Lipinski definition) is 1. The van der Waals surface area contributed by atoms with Crippen molar-refractivity contribution in [2.75, 3.05) is 7.11 Å². The molecule has 1 rings (SSSR count). The van der Waals surface area contributed by atoms with Crippen LogP contribution in [0, 0.1) is 5.92 Å². The molecule has 0 saturated carbocycles. The first-order valence-electron chi connectivity index (χ1n) is 8.02. The highest BCUT2D eigenvalue weighted by Crippen LogP contribution is 2.15. The van der Waals surface area contributed by atoms with Crippen molar-refractivity contribution in [1.82, 2.24) is 10.4 Å². The second kappa shape index (κ2) is 8.68. The number of methoxy groups -OCH3 is 1. The molecule has 0 spiro atoms. The Labute approximate surface area is 144 Å². The normalized spacial score (nSPS) is 12.6. The van der Waals surface area contributed by atoms with E-state index in [0.29, 0.717) is 6.54 Å². The lowest BCUT2D eigenvalue weighted by Crippen LogP contribution is -2.53. The molecule has 134 valence electrons. The summed E-state index contributed by atoms with van der Waals surface area (Å²) >= 11 is 0. The maximum atomic E-state index is 12.4. The number of nitrogens with zero attached hydrogens (tertiary/aromatic N) is 1. The molecule has 1 N–H and O–H groups in total. The molecule has 0 radical (unpaired) electrons. The zero-order valence-electron chi connectivity index (χ0n) is 15.3. The quantitative estimate of drug-likeness (QED) is 0.612. The van der Waals surface area contributed by atoms with Crippen molar-refractivity contribution in [2.24, 2.45) is 5.92 Å². The molecule has 0 heterocycles. The van der Waals surface area contributed by atoms with Crippen LogP contribution >= 0.6 is 0 Å². The lowest BCUT2D eigenvalue weighted by molar-refractivity contribution is -0.115. The monoisotopic (exact) mass is 336 g/mol. The van der Waals surface area contributed by atoms with Crippen LogP contribution in [0.4, 0.5) is 4.79 Å².